The predicted molar refractivity (Wildman–Crippen MR) is 60.0 cm³/mol. The number of ether oxygens (including phenoxy) is 1. The smallest absolute Gasteiger partial charge is 0.410 e. The molecular formula is C11H19F3N2O2. The molecule has 1 amide bonds. The maximum absolute atomic E-state index is 12.9. The van der Waals surface area contributed by atoms with Crippen LogP contribution < -0.4 is 5.73 Å². The third kappa shape index (κ3) is 3.76. The summed E-state index contributed by atoms with van der Waals surface area (Å²) in [6.07, 6.45) is -4.78. The summed E-state index contributed by atoms with van der Waals surface area (Å²) < 4.78 is 43.7. The second-order valence-corrected chi connectivity index (χ2v) is 5.47. The zero-order valence-electron chi connectivity index (χ0n) is 10.8. The van der Waals surface area contributed by atoms with Crippen LogP contribution in [-0.2, 0) is 4.74 Å². The SMILES string of the molecule is CC(C)(C)OC(=O)N1CCC[C@@H](N)[C@@H]1C(F)(F)F. The van der Waals surface area contributed by atoms with Crippen molar-refractivity contribution in [2.45, 2.75) is 57.5 Å². The van der Waals surface area contributed by atoms with Gasteiger partial charge in [-0.25, -0.2) is 4.79 Å². The number of hydrogen-bond donors (Lipinski definition) is 1. The van der Waals surface area contributed by atoms with Gasteiger partial charge in [0.25, 0.3) is 0 Å². The van der Waals surface area contributed by atoms with Crippen molar-refractivity contribution < 1.29 is 22.7 Å². The third-order valence-corrected chi connectivity index (χ3v) is 2.64. The summed E-state index contributed by atoms with van der Waals surface area (Å²) in [5, 5.41) is 0. The highest BCUT2D eigenvalue weighted by Gasteiger charge is 2.51. The summed E-state index contributed by atoms with van der Waals surface area (Å²) in [6.45, 7) is 4.85. The van der Waals surface area contributed by atoms with Gasteiger partial charge in [0.15, 0.2) is 0 Å². The molecule has 2 N–H and O–H groups in total. The van der Waals surface area contributed by atoms with Gasteiger partial charge in [-0.05, 0) is 33.6 Å². The summed E-state index contributed by atoms with van der Waals surface area (Å²) in [4.78, 5) is 12.5. The molecule has 1 aliphatic heterocycles. The lowest BCUT2D eigenvalue weighted by Gasteiger charge is -2.40. The lowest BCUT2D eigenvalue weighted by atomic mass is 9.97. The molecule has 0 unspecified atom stereocenters. The highest BCUT2D eigenvalue weighted by molar-refractivity contribution is 5.69. The molecule has 1 fully saturated rings. The average Bonchev–Trinajstić information content (AvgIpc) is 2.12. The van der Waals surface area contributed by atoms with Crippen LogP contribution in [0.2, 0.25) is 0 Å². The van der Waals surface area contributed by atoms with Crippen LogP contribution in [0.15, 0.2) is 0 Å². The van der Waals surface area contributed by atoms with Crippen LogP contribution in [0.3, 0.4) is 0 Å². The standard InChI is InChI=1S/C11H19F3N2O2/c1-10(2,3)18-9(17)16-6-4-5-7(15)8(16)11(12,13)14/h7-8H,4-6,15H2,1-3H3/t7-,8-/m1/s1. The molecule has 0 radical (unpaired) electrons. The van der Waals surface area contributed by atoms with Crippen molar-refractivity contribution in [3.05, 3.63) is 0 Å². The third-order valence-electron chi connectivity index (χ3n) is 2.64. The molecule has 1 rings (SSSR count). The summed E-state index contributed by atoms with van der Waals surface area (Å²) >= 11 is 0. The van der Waals surface area contributed by atoms with Gasteiger partial charge >= 0.3 is 12.3 Å². The number of carbonyl (C=O) groups is 1. The number of alkyl halides is 3. The molecule has 2 atom stereocenters. The van der Waals surface area contributed by atoms with Crippen molar-refractivity contribution in [2.75, 3.05) is 6.54 Å². The number of rotatable bonds is 0. The van der Waals surface area contributed by atoms with Crippen molar-refractivity contribution in [1.82, 2.24) is 4.90 Å². The molecule has 1 saturated heterocycles. The maximum Gasteiger partial charge on any atom is 0.410 e. The predicted octanol–water partition coefficient (Wildman–Crippen LogP) is 2.28. The second kappa shape index (κ2) is 4.95. The Balaban J connectivity index is 2.87. The van der Waals surface area contributed by atoms with Gasteiger partial charge in [-0.1, -0.05) is 0 Å². The Morgan fingerprint density at radius 3 is 2.33 bits per heavy atom. The molecular weight excluding hydrogens is 249 g/mol. The van der Waals surface area contributed by atoms with Crippen LogP contribution in [0.5, 0.6) is 0 Å². The maximum atomic E-state index is 12.9. The fourth-order valence-corrected chi connectivity index (χ4v) is 1.97. The first-order valence-corrected chi connectivity index (χ1v) is 5.84. The monoisotopic (exact) mass is 268 g/mol. The number of nitrogens with two attached hydrogens (primary N) is 1. The van der Waals surface area contributed by atoms with Crippen molar-refractivity contribution >= 4 is 6.09 Å². The molecule has 0 spiro atoms. The quantitative estimate of drug-likeness (QED) is 0.733. The van der Waals surface area contributed by atoms with Crippen molar-refractivity contribution in [1.29, 1.82) is 0 Å². The first-order valence-electron chi connectivity index (χ1n) is 5.84. The fourth-order valence-electron chi connectivity index (χ4n) is 1.97. The molecule has 0 aromatic rings. The molecule has 1 aliphatic rings. The van der Waals surface area contributed by atoms with Gasteiger partial charge in [-0.15, -0.1) is 0 Å². The zero-order chi connectivity index (χ0) is 14.1. The molecule has 18 heavy (non-hydrogen) atoms. The largest absolute Gasteiger partial charge is 0.444 e. The van der Waals surface area contributed by atoms with E-state index in [0.29, 0.717) is 11.3 Å². The average molecular weight is 268 g/mol. The minimum absolute atomic E-state index is 0.0206. The van der Waals surface area contributed by atoms with E-state index in [1.54, 1.807) is 20.8 Å². The number of likely N-dealkylation sites (tertiary alicyclic amines) is 1. The summed E-state index contributed by atoms with van der Waals surface area (Å²) in [6, 6.07) is -3.05. The normalized spacial score (nSPS) is 26.1. The van der Waals surface area contributed by atoms with Gasteiger partial charge < -0.3 is 10.5 Å². The Kier molecular flexibility index (Phi) is 4.15. The van der Waals surface area contributed by atoms with Crippen LogP contribution in [0.4, 0.5) is 18.0 Å². The van der Waals surface area contributed by atoms with E-state index in [4.69, 9.17) is 10.5 Å². The van der Waals surface area contributed by atoms with Crippen LogP contribution in [0, 0.1) is 0 Å². The van der Waals surface area contributed by atoms with E-state index in [-0.39, 0.29) is 13.0 Å². The lowest BCUT2D eigenvalue weighted by Crippen LogP contribution is -2.61. The van der Waals surface area contributed by atoms with Gasteiger partial charge in [0.05, 0.1) is 0 Å². The van der Waals surface area contributed by atoms with Crippen LogP contribution in [0.25, 0.3) is 0 Å². The van der Waals surface area contributed by atoms with Crippen molar-refractivity contribution in [2.24, 2.45) is 5.73 Å². The number of piperidine rings is 1. The minimum Gasteiger partial charge on any atom is -0.444 e. The Morgan fingerprint density at radius 2 is 1.89 bits per heavy atom. The fraction of sp³-hybridized carbons (Fsp3) is 0.909. The van der Waals surface area contributed by atoms with Gasteiger partial charge in [-0.3, -0.25) is 4.90 Å². The van der Waals surface area contributed by atoms with E-state index in [1.165, 1.54) is 0 Å². The number of halogens is 3. The van der Waals surface area contributed by atoms with E-state index >= 15 is 0 Å². The topological polar surface area (TPSA) is 55.6 Å². The molecule has 7 heteroatoms. The highest BCUT2D eigenvalue weighted by Crippen LogP contribution is 2.32. The molecule has 0 aromatic heterocycles. The highest BCUT2D eigenvalue weighted by atomic mass is 19.4. The number of nitrogens with zero attached hydrogens (tertiary/aromatic N) is 1. The molecule has 0 aliphatic carbocycles. The lowest BCUT2D eigenvalue weighted by molar-refractivity contribution is -0.191. The molecule has 4 nitrogen and oxygen atoms in total. The van der Waals surface area contributed by atoms with E-state index in [1.807, 2.05) is 0 Å². The summed E-state index contributed by atoms with van der Waals surface area (Å²) in [5.74, 6) is 0. The Morgan fingerprint density at radius 1 is 1.33 bits per heavy atom. The van der Waals surface area contributed by atoms with Gasteiger partial charge in [-0.2, -0.15) is 13.2 Å². The summed E-state index contributed by atoms with van der Waals surface area (Å²) in [5.41, 5.74) is 4.66. The molecule has 0 aromatic carbocycles. The van der Waals surface area contributed by atoms with Gasteiger partial charge in [0, 0.05) is 12.6 Å². The van der Waals surface area contributed by atoms with Crippen LogP contribution in [-0.4, -0.2) is 41.4 Å². The molecule has 1 heterocycles. The van der Waals surface area contributed by atoms with E-state index in [0.717, 1.165) is 0 Å². The van der Waals surface area contributed by atoms with E-state index in [2.05, 4.69) is 0 Å². The van der Waals surface area contributed by atoms with Crippen LogP contribution >= 0.6 is 0 Å². The molecule has 0 saturated carbocycles. The van der Waals surface area contributed by atoms with E-state index < -0.39 is 30.0 Å². The zero-order valence-corrected chi connectivity index (χ0v) is 10.8. The first kappa shape index (κ1) is 15.1. The van der Waals surface area contributed by atoms with Crippen molar-refractivity contribution in [3.8, 4) is 0 Å². The Bertz CT molecular complexity index is 312. The van der Waals surface area contributed by atoms with Crippen LogP contribution in [0.1, 0.15) is 33.6 Å². The van der Waals surface area contributed by atoms with Crippen molar-refractivity contribution in [3.63, 3.8) is 0 Å². The van der Waals surface area contributed by atoms with Gasteiger partial charge in [0.2, 0.25) is 0 Å². The second-order valence-electron chi connectivity index (χ2n) is 5.47. The number of amides is 1. The molecule has 106 valence electrons. The van der Waals surface area contributed by atoms with Gasteiger partial charge in [0.1, 0.15) is 11.6 Å². The summed E-state index contributed by atoms with van der Waals surface area (Å²) in [7, 11) is 0. The Labute approximate surface area is 104 Å². The Hall–Kier alpha value is -0.980. The minimum atomic E-state index is -4.53. The number of hydrogen-bond acceptors (Lipinski definition) is 3. The van der Waals surface area contributed by atoms with E-state index in [9.17, 15) is 18.0 Å². The first-order chi connectivity index (χ1) is 8.02. The molecule has 0 bridgehead atoms. The number of carbonyl (C=O) groups excluding carboxylic acids is 1.